The molecule has 1 fully saturated rings. The number of benzene rings is 1. The molecule has 0 unspecified atom stereocenters. The molecule has 1 aliphatic heterocycles. The van der Waals surface area contributed by atoms with Crippen LogP contribution >= 0.6 is 0 Å². The van der Waals surface area contributed by atoms with Crippen molar-refractivity contribution in [1.82, 2.24) is 0 Å². The monoisotopic (exact) mass is 230 g/mol. The van der Waals surface area contributed by atoms with Crippen molar-refractivity contribution in [2.24, 2.45) is 0 Å². The molecular weight excluding hydrogens is 210 g/mol. The number of rotatable bonds is 4. The first-order valence-electron chi connectivity index (χ1n) is 6.43. The fourth-order valence-corrected chi connectivity index (χ4v) is 2.79. The van der Waals surface area contributed by atoms with Crippen LogP contribution in [0.5, 0.6) is 0 Å². The minimum absolute atomic E-state index is 0.832. The third-order valence-corrected chi connectivity index (χ3v) is 3.69. The van der Waals surface area contributed by atoms with Gasteiger partial charge in [-0.15, -0.1) is 0 Å². The highest BCUT2D eigenvalue weighted by molar-refractivity contribution is 5.44. The van der Waals surface area contributed by atoms with Gasteiger partial charge in [0.25, 0.3) is 0 Å². The van der Waals surface area contributed by atoms with Gasteiger partial charge in [-0.2, -0.15) is 0 Å². The van der Waals surface area contributed by atoms with E-state index in [-0.39, 0.29) is 0 Å². The molecule has 2 nitrogen and oxygen atoms in total. The molecule has 0 amide bonds. The number of quaternary nitrogens is 1. The van der Waals surface area contributed by atoms with Crippen molar-refractivity contribution < 1.29 is 9.28 Å². The number of piperidine rings is 1. The molecule has 0 atom stereocenters. The van der Waals surface area contributed by atoms with E-state index in [0.717, 1.165) is 17.6 Å². The maximum atomic E-state index is 10.5. The highest BCUT2D eigenvalue weighted by Gasteiger charge is 2.28. The van der Waals surface area contributed by atoms with Gasteiger partial charge in [-0.25, -0.2) is 4.79 Å². The molecule has 0 N–H and O–H groups in total. The zero-order chi connectivity index (χ0) is 12.0. The van der Waals surface area contributed by atoms with Gasteiger partial charge < -0.3 is 4.48 Å². The number of carbonyl (C=O) groups excluding carboxylic acids is 1. The molecule has 0 aromatic heterocycles. The van der Waals surface area contributed by atoms with Gasteiger partial charge in [0, 0.05) is 5.56 Å². The Labute approximate surface area is 103 Å². The molecule has 2 rings (SSSR count). The summed E-state index contributed by atoms with van der Waals surface area (Å²) >= 11 is 0. The van der Waals surface area contributed by atoms with Gasteiger partial charge in [-0.3, -0.25) is 0 Å². The van der Waals surface area contributed by atoms with Gasteiger partial charge in [-0.05, 0) is 19.3 Å². The summed E-state index contributed by atoms with van der Waals surface area (Å²) in [7, 11) is 0. The minimum atomic E-state index is 0.832. The quantitative estimate of drug-likeness (QED) is 0.574. The second-order valence-corrected chi connectivity index (χ2v) is 5.00. The molecule has 1 saturated heterocycles. The zero-order valence-electron chi connectivity index (χ0n) is 10.3. The summed E-state index contributed by atoms with van der Waals surface area (Å²) in [5.41, 5.74) is 1.37. The van der Waals surface area contributed by atoms with Gasteiger partial charge in [-0.1, -0.05) is 30.3 Å². The van der Waals surface area contributed by atoms with E-state index < -0.39 is 0 Å². The van der Waals surface area contributed by atoms with Crippen LogP contribution in [0, 0.1) is 0 Å². The number of likely N-dealkylation sites (tertiary alicyclic amines) is 1. The molecule has 1 aromatic rings. The van der Waals surface area contributed by atoms with Crippen molar-refractivity contribution in [1.29, 1.82) is 0 Å². The Kier molecular flexibility index (Phi) is 4.13. The summed E-state index contributed by atoms with van der Waals surface area (Å²) in [5, 5.41) is 0. The zero-order valence-corrected chi connectivity index (χ0v) is 10.3. The Morgan fingerprint density at radius 2 is 1.82 bits per heavy atom. The molecule has 0 radical (unpaired) electrons. The first-order chi connectivity index (χ1) is 8.35. The van der Waals surface area contributed by atoms with Crippen molar-refractivity contribution >= 4 is 5.94 Å². The van der Waals surface area contributed by atoms with Crippen LogP contribution in [0.4, 0.5) is 0 Å². The molecule has 0 aliphatic carbocycles. The lowest BCUT2D eigenvalue weighted by molar-refractivity contribution is -0.939. The van der Waals surface area contributed by atoms with Gasteiger partial charge in [0.15, 0.2) is 0 Å². The molecule has 0 bridgehead atoms. The van der Waals surface area contributed by atoms with Gasteiger partial charge in [0.05, 0.1) is 19.2 Å². The van der Waals surface area contributed by atoms with Gasteiger partial charge in [0.1, 0.15) is 19.0 Å². The van der Waals surface area contributed by atoms with Gasteiger partial charge >= 0.3 is 0 Å². The van der Waals surface area contributed by atoms with Crippen molar-refractivity contribution in [3.8, 4) is 0 Å². The third-order valence-electron chi connectivity index (χ3n) is 3.69. The molecule has 1 heterocycles. The number of hydrogen-bond acceptors (Lipinski definition) is 1. The van der Waals surface area contributed by atoms with Crippen LogP contribution in [0.15, 0.2) is 36.4 Å². The Morgan fingerprint density at radius 1 is 1.12 bits per heavy atom. The molecule has 1 aromatic carbocycles. The lowest BCUT2D eigenvalue weighted by atomic mass is 10.1. The van der Waals surface area contributed by atoms with Crippen molar-refractivity contribution in [3.05, 3.63) is 42.0 Å². The van der Waals surface area contributed by atoms with E-state index in [9.17, 15) is 4.79 Å². The Morgan fingerprint density at radius 3 is 2.47 bits per heavy atom. The summed E-state index contributed by atoms with van der Waals surface area (Å²) in [6, 6.07) is 10.6. The largest absolute Gasteiger partial charge is 0.316 e. The Bertz CT molecular complexity index is 387. The maximum absolute atomic E-state index is 10.5. The van der Waals surface area contributed by atoms with E-state index >= 15 is 0 Å². The number of nitrogens with zero attached hydrogens (tertiary/aromatic N) is 1. The SMILES string of the molecule is O=C=CC[N+]1(Cc2ccccc2)CCCCC1. The standard InChI is InChI=1S/C15H20NO/c17-13-7-12-16(10-5-2-6-11-16)14-15-8-3-1-4-9-15/h1,3-4,7-9H,2,5-6,10-12,14H2/q+1. The first kappa shape index (κ1) is 12.1. The summed E-state index contributed by atoms with van der Waals surface area (Å²) in [6.45, 7) is 4.25. The van der Waals surface area contributed by atoms with Crippen LogP contribution in [-0.2, 0) is 11.3 Å². The van der Waals surface area contributed by atoms with Crippen molar-refractivity contribution in [2.75, 3.05) is 19.6 Å². The van der Waals surface area contributed by atoms with Crippen LogP contribution in [-0.4, -0.2) is 30.1 Å². The van der Waals surface area contributed by atoms with Crippen LogP contribution in [0.2, 0.25) is 0 Å². The van der Waals surface area contributed by atoms with Crippen molar-refractivity contribution in [2.45, 2.75) is 25.8 Å². The van der Waals surface area contributed by atoms with E-state index in [1.165, 1.54) is 37.9 Å². The van der Waals surface area contributed by atoms with Crippen LogP contribution < -0.4 is 0 Å². The first-order valence-corrected chi connectivity index (χ1v) is 6.43. The Balaban J connectivity index is 2.12. The highest BCUT2D eigenvalue weighted by Crippen LogP contribution is 2.22. The second kappa shape index (κ2) is 5.81. The van der Waals surface area contributed by atoms with Gasteiger partial charge in [0.2, 0.25) is 0 Å². The molecule has 0 saturated carbocycles. The lowest BCUT2D eigenvalue weighted by Crippen LogP contribution is -2.50. The predicted octanol–water partition coefficient (Wildman–Crippen LogP) is 2.58. The second-order valence-electron chi connectivity index (χ2n) is 5.00. The lowest BCUT2D eigenvalue weighted by Gasteiger charge is -2.40. The maximum Gasteiger partial charge on any atom is 0.125 e. The number of hydrogen-bond donors (Lipinski definition) is 0. The summed E-state index contributed by atoms with van der Waals surface area (Å²) in [5.74, 6) is 1.93. The van der Waals surface area contributed by atoms with Crippen LogP contribution in [0.25, 0.3) is 0 Å². The van der Waals surface area contributed by atoms with E-state index in [4.69, 9.17) is 0 Å². The molecule has 17 heavy (non-hydrogen) atoms. The molecule has 90 valence electrons. The summed E-state index contributed by atoms with van der Waals surface area (Å²) in [6.07, 6.45) is 5.55. The predicted molar refractivity (Wildman–Crippen MR) is 69.1 cm³/mol. The fraction of sp³-hybridized carbons (Fsp3) is 0.467. The topological polar surface area (TPSA) is 17.1 Å². The molecule has 0 spiro atoms. The van der Waals surface area contributed by atoms with E-state index in [1.807, 2.05) is 5.94 Å². The average Bonchev–Trinajstić information content (AvgIpc) is 2.39. The summed E-state index contributed by atoms with van der Waals surface area (Å²) < 4.78 is 1.03. The minimum Gasteiger partial charge on any atom is -0.316 e. The summed E-state index contributed by atoms with van der Waals surface area (Å²) in [4.78, 5) is 10.5. The van der Waals surface area contributed by atoms with E-state index in [0.29, 0.717) is 0 Å². The van der Waals surface area contributed by atoms with Crippen LogP contribution in [0.3, 0.4) is 0 Å². The van der Waals surface area contributed by atoms with Crippen LogP contribution in [0.1, 0.15) is 24.8 Å². The van der Waals surface area contributed by atoms with E-state index in [1.54, 1.807) is 6.08 Å². The van der Waals surface area contributed by atoms with E-state index in [2.05, 4.69) is 30.3 Å². The molecule has 2 heteroatoms. The van der Waals surface area contributed by atoms with Crippen molar-refractivity contribution in [3.63, 3.8) is 0 Å². The normalized spacial score (nSPS) is 18.4. The molecular formula is C15H20NO+. The Hall–Kier alpha value is -1.37. The highest BCUT2D eigenvalue weighted by atomic mass is 16.1. The smallest absolute Gasteiger partial charge is 0.125 e. The fourth-order valence-electron chi connectivity index (χ4n) is 2.79. The molecule has 1 aliphatic rings. The third kappa shape index (κ3) is 3.29. The average molecular weight is 230 g/mol.